The third-order valence-electron chi connectivity index (χ3n) is 2.85. The Bertz CT molecular complexity index is 592. The maximum Gasteiger partial charge on any atom is 0.335 e. The summed E-state index contributed by atoms with van der Waals surface area (Å²) in [5.74, 6) is -0.192. The lowest BCUT2D eigenvalue weighted by atomic mass is 10.1. The van der Waals surface area contributed by atoms with Crippen molar-refractivity contribution in [1.29, 1.82) is 0 Å². The van der Waals surface area contributed by atoms with E-state index >= 15 is 0 Å². The smallest absolute Gasteiger partial charge is 0.335 e. The second-order valence-electron chi connectivity index (χ2n) is 4.24. The standard InChI is InChI=1S/C14H15NO3S/c1-9-7-11(14(16)17)3-4-12(9)18-6-5-13-10(2)15-8-19-13/h3-4,7-8H,5-6H2,1-2H3,(H,16,17). The summed E-state index contributed by atoms with van der Waals surface area (Å²) in [6.07, 6.45) is 0.816. The third kappa shape index (κ3) is 3.32. The Hall–Kier alpha value is -1.88. The third-order valence-corrected chi connectivity index (χ3v) is 3.85. The summed E-state index contributed by atoms with van der Waals surface area (Å²) < 4.78 is 5.69. The molecule has 0 aliphatic carbocycles. The number of aromatic carboxylic acids is 1. The molecule has 100 valence electrons. The van der Waals surface area contributed by atoms with Crippen molar-refractivity contribution in [2.75, 3.05) is 6.61 Å². The second-order valence-corrected chi connectivity index (χ2v) is 5.18. The molecule has 0 saturated carbocycles. The van der Waals surface area contributed by atoms with Gasteiger partial charge in [0.05, 0.1) is 23.4 Å². The fraction of sp³-hybridized carbons (Fsp3) is 0.286. The SMILES string of the molecule is Cc1cc(C(=O)O)ccc1OCCc1scnc1C. The van der Waals surface area contributed by atoms with Crippen LogP contribution in [0.1, 0.15) is 26.5 Å². The van der Waals surface area contributed by atoms with Gasteiger partial charge in [0.25, 0.3) is 0 Å². The van der Waals surface area contributed by atoms with Gasteiger partial charge in [0, 0.05) is 11.3 Å². The van der Waals surface area contributed by atoms with E-state index in [0.717, 1.165) is 23.4 Å². The number of rotatable bonds is 5. The molecule has 0 fully saturated rings. The molecule has 1 heterocycles. The first kappa shape index (κ1) is 13.5. The summed E-state index contributed by atoms with van der Waals surface area (Å²) in [5, 5.41) is 8.89. The maximum absolute atomic E-state index is 10.8. The van der Waals surface area contributed by atoms with Crippen molar-refractivity contribution >= 4 is 17.3 Å². The number of ether oxygens (including phenoxy) is 1. The average molecular weight is 277 g/mol. The molecule has 2 aromatic rings. The molecule has 0 unspecified atom stereocenters. The number of hydrogen-bond acceptors (Lipinski definition) is 4. The molecule has 5 heteroatoms. The van der Waals surface area contributed by atoms with Crippen LogP contribution in [0.4, 0.5) is 0 Å². The highest BCUT2D eigenvalue weighted by Gasteiger charge is 2.07. The molecule has 2 rings (SSSR count). The predicted molar refractivity (Wildman–Crippen MR) is 74.2 cm³/mol. The molecule has 1 aromatic carbocycles. The normalized spacial score (nSPS) is 10.4. The van der Waals surface area contributed by atoms with E-state index in [2.05, 4.69) is 4.98 Å². The van der Waals surface area contributed by atoms with Gasteiger partial charge in [-0.3, -0.25) is 0 Å². The molecular formula is C14H15NO3S. The molecule has 0 radical (unpaired) electrons. The van der Waals surface area contributed by atoms with E-state index in [1.54, 1.807) is 29.5 Å². The highest BCUT2D eigenvalue weighted by atomic mass is 32.1. The van der Waals surface area contributed by atoms with Crippen LogP contribution in [-0.2, 0) is 6.42 Å². The lowest BCUT2D eigenvalue weighted by molar-refractivity contribution is 0.0696. The van der Waals surface area contributed by atoms with E-state index in [1.165, 1.54) is 4.88 Å². The van der Waals surface area contributed by atoms with Gasteiger partial charge in [-0.15, -0.1) is 11.3 Å². The Kier molecular flexibility index (Phi) is 4.16. The number of hydrogen-bond donors (Lipinski definition) is 1. The molecule has 0 spiro atoms. The summed E-state index contributed by atoms with van der Waals surface area (Å²) in [6, 6.07) is 4.89. The zero-order valence-electron chi connectivity index (χ0n) is 10.8. The summed E-state index contributed by atoms with van der Waals surface area (Å²) in [7, 11) is 0. The molecule has 0 saturated heterocycles. The second kappa shape index (κ2) is 5.84. The molecule has 0 bridgehead atoms. The van der Waals surface area contributed by atoms with E-state index in [4.69, 9.17) is 9.84 Å². The maximum atomic E-state index is 10.8. The van der Waals surface area contributed by atoms with Crippen LogP contribution < -0.4 is 4.74 Å². The van der Waals surface area contributed by atoms with Crippen LogP contribution >= 0.6 is 11.3 Å². The van der Waals surface area contributed by atoms with Crippen molar-refractivity contribution in [1.82, 2.24) is 4.98 Å². The van der Waals surface area contributed by atoms with Crippen molar-refractivity contribution in [2.24, 2.45) is 0 Å². The van der Waals surface area contributed by atoms with Crippen LogP contribution in [-0.4, -0.2) is 22.7 Å². The van der Waals surface area contributed by atoms with Crippen LogP contribution in [0.25, 0.3) is 0 Å². The molecule has 1 aromatic heterocycles. The minimum atomic E-state index is -0.921. The molecule has 0 aliphatic heterocycles. The van der Waals surface area contributed by atoms with Crippen LogP contribution in [0.2, 0.25) is 0 Å². The van der Waals surface area contributed by atoms with E-state index in [9.17, 15) is 4.79 Å². The Morgan fingerprint density at radius 1 is 1.42 bits per heavy atom. The van der Waals surface area contributed by atoms with Gasteiger partial charge in [-0.25, -0.2) is 9.78 Å². The molecule has 1 N–H and O–H groups in total. The first-order chi connectivity index (χ1) is 9.08. The fourth-order valence-corrected chi connectivity index (χ4v) is 2.53. The van der Waals surface area contributed by atoms with Crippen molar-refractivity contribution in [3.05, 3.63) is 45.4 Å². The largest absolute Gasteiger partial charge is 0.493 e. The summed E-state index contributed by atoms with van der Waals surface area (Å²) in [6.45, 7) is 4.40. The Morgan fingerprint density at radius 2 is 2.21 bits per heavy atom. The molecule has 0 amide bonds. The van der Waals surface area contributed by atoms with Crippen LogP contribution in [0.5, 0.6) is 5.75 Å². The number of aryl methyl sites for hydroxylation is 2. The minimum absolute atomic E-state index is 0.281. The lowest BCUT2D eigenvalue weighted by Crippen LogP contribution is -2.03. The van der Waals surface area contributed by atoms with Crippen molar-refractivity contribution in [3.8, 4) is 5.75 Å². The highest BCUT2D eigenvalue weighted by molar-refractivity contribution is 7.09. The zero-order valence-corrected chi connectivity index (χ0v) is 11.7. The van der Waals surface area contributed by atoms with Gasteiger partial charge in [0.15, 0.2) is 0 Å². The van der Waals surface area contributed by atoms with Crippen LogP contribution in [0.15, 0.2) is 23.7 Å². The Balaban J connectivity index is 1.96. The van der Waals surface area contributed by atoms with Crippen molar-refractivity contribution < 1.29 is 14.6 Å². The number of carbonyl (C=O) groups is 1. The quantitative estimate of drug-likeness (QED) is 0.912. The Labute approximate surface area is 115 Å². The van der Waals surface area contributed by atoms with Gasteiger partial charge in [-0.05, 0) is 37.6 Å². The van der Waals surface area contributed by atoms with Gasteiger partial charge in [-0.2, -0.15) is 0 Å². The number of carboxylic acid groups (broad SMARTS) is 1. The van der Waals surface area contributed by atoms with E-state index in [-0.39, 0.29) is 5.56 Å². The number of thiazole rings is 1. The highest BCUT2D eigenvalue weighted by Crippen LogP contribution is 2.20. The lowest BCUT2D eigenvalue weighted by Gasteiger charge is -2.09. The van der Waals surface area contributed by atoms with Gasteiger partial charge in [0.1, 0.15) is 5.75 Å². The number of nitrogens with zero attached hydrogens (tertiary/aromatic N) is 1. The number of carboxylic acids is 1. The Morgan fingerprint density at radius 3 is 2.79 bits per heavy atom. The van der Waals surface area contributed by atoms with Gasteiger partial charge < -0.3 is 9.84 Å². The van der Waals surface area contributed by atoms with Crippen molar-refractivity contribution in [3.63, 3.8) is 0 Å². The van der Waals surface area contributed by atoms with E-state index < -0.39 is 5.97 Å². The summed E-state index contributed by atoms with van der Waals surface area (Å²) in [4.78, 5) is 16.2. The first-order valence-electron chi connectivity index (χ1n) is 5.93. The number of aromatic nitrogens is 1. The first-order valence-corrected chi connectivity index (χ1v) is 6.81. The van der Waals surface area contributed by atoms with Gasteiger partial charge >= 0.3 is 5.97 Å². The van der Waals surface area contributed by atoms with E-state index in [0.29, 0.717) is 6.61 Å². The molecular weight excluding hydrogens is 262 g/mol. The molecule has 0 aliphatic rings. The molecule has 4 nitrogen and oxygen atoms in total. The molecule has 0 atom stereocenters. The summed E-state index contributed by atoms with van der Waals surface area (Å²) in [5.41, 5.74) is 3.99. The van der Waals surface area contributed by atoms with Crippen LogP contribution in [0, 0.1) is 13.8 Å². The topological polar surface area (TPSA) is 59.4 Å². The van der Waals surface area contributed by atoms with Crippen LogP contribution in [0.3, 0.4) is 0 Å². The zero-order chi connectivity index (χ0) is 13.8. The fourth-order valence-electron chi connectivity index (χ4n) is 1.76. The van der Waals surface area contributed by atoms with Gasteiger partial charge in [0.2, 0.25) is 0 Å². The predicted octanol–water partition coefficient (Wildman–Crippen LogP) is 3.08. The average Bonchev–Trinajstić information content (AvgIpc) is 2.77. The summed E-state index contributed by atoms with van der Waals surface area (Å²) >= 11 is 1.63. The van der Waals surface area contributed by atoms with Gasteiger partial charge in [-0.1, -0.05) is 0 Å². The number of benzene rings is 1. The molecule has 19 heavy (non-hydrogen) atoms. The monoisotopic (exact) mass is 277 g/mol. The van der Waals surface area contributed by atoms with E-state index in [1.807, 2.05) is 19.4 Å². The van der Waals surface area contributed by atoms with Crippen molar-refractivity contribution in [2.45, 2.75) is 20.3 Å². The minimum Gasteiger partial charge on any atom is -0.493 e.